The van der Waals surface area contributed by atoms with E-state index in [1.807, 2.05) is 54.6 Å². The van der Waals surface area contributed by atoms with E-state index in [-0.39, 0.29) is 0 Å². The van der Waals surface area contributed by atoms with Gasteiger partial charge in [-0.3, -0.25) is 0 Å². The average molecular weight is 691 g/mol. The summed E-state index contributed by atoms with van der Waals surface area (Å²) in [6.45, 7) is 0. The fraction of sp³-hybridized carbons (Fsp3) is 0. The topological polar surface area (TPSA) is 56.7 Å². The van der Waals surface area contributed by atoms with Gasteiger partial charge in [0.05, 0.1) is 39.0 Å². The Morgan fingerprint density at radius 3 is 1.65 bits per heavy atom. The van der Waals surface area contributed by atoms with Crippen LogP contribution in [0.1, 0.15) is 0 Å². The lowest BCUT2D eigenvalue weighted by molar-refractivity contribution is 0.672. The molecule has 4 aromatic heterocycles. The molecule has 0 spiro atoms. The Bertz CT molecular complexity index is 3150. The maximum absolute atomic E-state index is 6.54. The van der Waals surface area contributed by atoms with Crippen LogP contribution in [0.15, 0.2) is 186 Å². The normalized spacial score (nSPS) is 11.7. The number of para-hydroxylation sites is 3. The largest absolute Gasteiger partial charge is 0.455 e. The molecule has 0 aliphatic rings. The predicted octanol–water partition coefficient (Wildman–Crippen LogP) is 12.7. The number of hydrogen-bond donors (Lipinski definition) is 0. The third-order valence-corrected chi connectivity index (χ3v) is 10.4. The summed E-state index contributed by atoms with van der Waals surface area (Å²) in [5.74, 6) is 0.632. The number of rotatable bonds is 5. The molecule has 0 unspecified atom stereocenters. The Morgan fingerprint density at radius 2 is 0.963 bits per heavy atom. The first-order chi connectivity index (χ1) is 26.8. The fourth-order valence-electron chi connectivity index (χ4n) is 7.87. The minimum atomic E-state index is 0.632. The molecule has 0 atom stereocenters. The lowest BCUT2D eigenvalue weighted by Gasteiger charge is -2.12. The molecule has 11 rings (SSSR count). The van der Waals surface area contributed by atoms with Crippen molar-refractivity contribution < 1.29 is 4.42 Å². The summed E-state index contributed by atoms with van der Waals surface area (Å²) in [5.41, 5.74) is 12.5. The van der Waals surface area contributed by atoms with Crippen LogP contribution in [0, 0.1) is 0 Å². The van der Waals surface area contributed by atoms with E-state index in [2.05, 4.69) is 132 Å². The zero-order chi connectivity index (χ0) is 35.6. The summed E-state index contributed by atoms with van der Waals surface area (Å²) in [6.07, 6.45) is 0. The number of aromatic nitrogens is 4. The van der Waals surface area contributed by atoms with Crippen molar-refractivity contribution in [2.24, 2.45) is 0 Å². The van der Waals surface area contributed by atoms with Crippen LogP contribution in [0.5, 0.6) is 0 Å². The van der Waals surface area contributed by atoms with Crippen molar-refractivity contribution in [3.05, 3.63) is 182 Å². The van der Waals surface area contributed by atoms with Gasteiger partial charge < -0.3 is 8.98 Å². The summed E-state index contributed by atoms with van der Waals surface area (Å²) < 4.78 is 8.87. The zero-order valence-corrected chi connectivity index (χ0v) is 29.0. The molecule has 0 aliphatic carbocycles. The van der Waals surface area contributed by atoms with Crippen LogP contribution < -0.4 is 0 Å². The Labute approximate surface area is 310 Å². The monoisotopic (exact) mass is 690 g/mol. The predicted molar refractivity (Wildman–Crippen MR) is 221 cm³/mol. The summed E-state index contributed by atoms with van der Waals surface area (Å²) in [4.78, 5) is 15.7. The van der Waals surface area contributed by atoms with Crippen molar-refractivity contribution >= 4 is 54.6 Å². The standard InChI is InChI=1S/C49H30N4O/c1-3-13-31(14-4-1)40-30-41(32-23-26-35(27-24-32)53-43-20-10-7-17-36(43)37-18-8-11-21-44(37)53)52-49(51-40)34-25-28-38-42(29-34)50-47(33-15-5-2-6-16-33)46-39-19-9-12-22-45(39)54-48(38)46/h1-30H. The van der Waals surface area contributed by atoms with E-state index in [0.29, 0.717) is 5.82 Å². The molecule has 252 valence electrons. The zero-order valence-electron chi connectivity index (χ0n) is 29.0. The summed E-state index contributed by atoms with van der Waals surface area (Å²) in [5, 5.41) is 5.51. The molecule has 4 heterocycles. The summed E-state index contributed by atoms with van der Waals surface area (Å²) >= 11 is 0. The molecule has 0 bridgehead atoms. The van der Waals surface area contributed by atoms with E-state index < -0.39 is 0 Å². The summed E-state index contributed by atoms with van der Waals surface area (Å²) in [7, 11) is 0. The van der Waals surface area contributed by atoms with E-state index in [9.17, 15) is 0 Å². The van der Waals surface area contributed by atoms with Gasteiger partial charge in [-0.15, -0.1) is 0 Å². The molecule has 0 amide bonds. The molecule has 0 saturated heterocycles. The van der Waals surface area contributed by atoms with Gasteiger partial charge in [0.2, 0.25) is 0 Å². The minimum absolute atomic E-state index is 0.632. The molecule has 54 heavy (non-hydrogen) atoms. The van der Waals surface area contributed by atoms with E-state index >= 15 is 0 Å². The molecule has 5 heteroatoms. The van der Waals surface area contributed by atoms with Crippen LogP contribution in [0.25, 0.3) is 105 Å². The second-order valence-electron chi connectivity index (χ2n) is 13.6. The first-order valence-corrected chi connectivity index (χ1v) is 18.1. The maximum atomic E-state index is 6.54. The van der Waals surface area contributed by atoms with E-state index in [4.69, 9.17) is 19.4 Å². The van der Waals surface area contributed by atoms with Gasteiger partial charge in [0.25, 0.3) is 0 Å². The lowest BCUT2D eigenvalue weighted by atomic mass is 10.0. The van der Waals surface area contributed by atoms with Crippen molar-refractivity contribution in [3.8, 4) is 50.8 Å². The molecule has 0 N–H and O–H groups in total. The van der Waals surface area contributed by atoms with E-state index in [1.54, 1.807) is 0 Å². The highest BCUT2D eigenvalue weighted by Crippen LogP contribution is 2.40. The molecular formula is C49H30N4O. The van der Waals surface area contributed by atoms with E-state index in [1.165, 1.54) is 21.8 Å². The van der Waals surface area contributed by atoms with Gasteiger partial charge >= 0.3 is 0 Å². The third kappa shape index (κ3) is 4.83. The molecule has 5 nitrogen and oxygen atoms in total. The van der Waals surface area contributed by atoms with Gasteiger partial charge in [0.15, 0.2) is 5.82 Å². The Morgan fingerprint density at radius 1 is 0.407 bits per heavy atom. The van der Waals surface area contributed by atoms with Crippen molar-refractivity contribution in [3.63, 3.8) is 0 Å². The summed E-state index contributed by atoms with van der Waals surface area (Å²) in [6, 6.07) is 63.0. The minimum Gasteiger partial charge on any atom is -0.455 e. The number of furan rings is 1. The second kappa shape index (κ2) is 12.1. The molecule has 11 aromatic rings. The van der Waals surface area contributed by atoms with Gasteiger partial charge in [0.1, 0.15) is 11.2 Å². The van der Waals surface area contributed by atoms with Gasteiger partial charge in [-0.1, -0.05) is 133 Å². The van der Waals surface area contributed by atoms with Gasteiger partial charge in [-0.2, -0.15) is 0 Å². The SMILES string of the molecule is c1ccc(-c2cc(-c3ccc(-n4c5ccccc5c5ccccc54)cc3)nc(-c3ccc4c(c3)nc(-c3ccccc3)c3c5ccccc5oc43)n2)cc1. The maximum Gasteiger partial charge on any atom is 0.160 e. The smallest absolute Gasteiger partial charge is 0.160 e. The van der Waals surface area contributed by atoms with Gasteiger partial charge in [-0.25, -0.2) is 15.0 Å². The number of benzene rings is 7. The Hall–Kier alpha value is -7.37. The van der Waals surface area contributed by atoms with Crippen LogP contribution in [0.2, 0.25) is 0 Å². The van der Waals surface area contributed by atoms with Crippen LogP contribution in [-0.4, -0.2) is 19.5 Å². The molecule has 7 aromatic carbocycles. The Balaban J connectivity index is 1.07. The van der Waals surface area contributed by atoms with E-state index in [0.717, 1.165) is 77.9 Å². The van der Waals surface area contributed by atoms with Crippen LogP contribution in [-0.2, 0) is 0 Å². The number of pyridine rings is 1. The van der Waals surface area contributed by atoms with Crippen molar-refractivity contribution in [2.45, 2.75) is 0 Å². The highest BCUT2D eigenvalue weighted by atomic mass is 16.3. The first-order valence-electron chi connectivity index (χ1n) is 18.1. The fourth-order valence-corrected chi connectivity index (χ4v) is 7.87. The van der Waals surface area contributed by atoms with Gasteiger partial charge in [0, 0.05) is 49.5 Å². The quantitative estimate of drug-likeness (QED) is 0.180. The van der Waals surface area contributed by atoms with Crippen LogP contribution in [0.3, 0.4) is 0 Å². The van der Waals surface area contributed by atoms with Crippen LogP contribution in [0.4, 0.5) is 0 Å². The third-order valence-electron chi connectivity index (χ3n) is 10.4. The molecule has 0 radical (unpaired) electrons. The number of hydrogen-bond acceptors (Lipinski definition) is 4. The highest BCUT2D eigenvalue weighted by molar-refractivity contribution is 6.19. The number of fused-ring (bicyclic) bond motifs is 8. The molecule has 0 aliphatic heterocycles. The van der Waals surface area contributed by atoms with Crippen molar-refractivity contribution in [1.82, 2.24) is 19.5 Å². The molecular weight excluding hydrogens is 661 g/mol. The molecule has 0 saturated carbocycles. The highest BCUT2D eigenvalue weighted by Gasteiger charge is 2.19. The Kier molecular flexibility index (Phi) is 6.79. The van der Waals surface area contributed by atoms with Crippen LogP contribution >= 0.6 is 0 Å². The second-order valence-corrected chi connectivity index (χ2v) is 13.6. The average Bonchev–Trinajstić information content (AvgIpc) is 3.80. The number of nitrogens with zero attached hydrogens (tertiary/aromatic N) is 4. The molecule has 0 fully saturated rings. The first kappa shape index (κ1) is 30.3. The lowest BCUT2D eigenvalue weighted by Crippen LogP contribution is -1.97. The van der Waals surface area contributed by atoms with Crippen molar-refractivity contribution in [2.75, 3.05) is 0 Å². The van der Waals surface area contributed by atoms with Crippen molar-refractivity contribution in [1.29, 1.82) is 0 Å². The van der Waals surface area contributed by atoms with Gasteiger partial charge in [-0.05, 0) is 48.5 Å².